The Hall–Kier alpha value is -2.40. The number of methoxy groups -OCH3 is 1. The van der Waals surface area contributed by atoms with Gasteiger partial charge in [0.05, 0.1) is 13.2 Å². The summed E-state index contributed by atoms with van der Waals surface area (Å²) in [7, 11) is 1.65. The first-order valence-electron chi connectivity index (χ1n) is 10.5. The van der Waals surface area contributed by atoms with Crippen LogP contribution in [0.2, 0.25) is 0 Å². The van der Waals surface area contributed by atoms with E-state index >= 15 is 0 Å². The van der Waals surface area contributed by atoms with Crippen molar-refractivity contribution < 1.29 is 14.3 Å². The van der Waals surface area contributed by atoms with Gasteiger partial charge >= 0.3 is 0 Å². The minimum atomic E-state index is -0.103. The first-order valence-corrected chi connectivity index (χ1v) is 10.5. The number of carbonyl (C=O) groups excluding carboxylic acids is 1. The van der Waals surface area contributed by atoms with Gasteiger partial charge in [0.2, 0.25) is 5.91 Å². The highest BCUT2D eigenvalue weighted by molar-refractivity contribution is 14.0. The molecule has 3 N–H and O–H groups in total. The van der Waals surface area contributed by atoms with E-state index in [1.807, 2.05) is 51.1 Å². The van der Waals surface area contributed by atoms with Gasteiger partial charge in [-0.25, -0.2) is 9.98 Å². The molecule has 176 valence electrons. The molecule has 0 fully saturated rings. The average molecular weight is 555 g/mol. The van der Waals surface area contributed by atoms with Crippen molar-refractivity contribution in [2.45, 2.75) is 33.7 Å². The number of nitrogens with zero attached hydrogens (tertiary/aromatic N) is 2. The van der Waals surface area contributed by atoms with Gasteiger partial charge in [0, 0.05) is 37.9 Å². The number of rotatable bonds is 11. The Kier molecular flexibility index (Phi) is 13.3. The molecule has 0 aliphatic heterocycles. The Morgan fingerprint density at radius 3 is 2.66 bits per heavy atom. The number of hydrogen-bond donors (Lipinski definition) is 3. The van der Waals surface area contributed by atoms with Crippen LogP contribution in [0.1, 0.15) is 30.2 Å². The lowest BCUT2D eigenvalue weighted by Crippen LogP contribution is -2.38. The lowest BCUT2D eigenvalue weighted by Gasteiger charge is -2.13. The quantitative estimate of drug-likeness (QED) is 0.170. The zero-order chi connectivity index (χ0) is 22.5. The number of aromatic nitrogens is 1. The number of pyridine rings is 1. The molecule has 1 aromatic heterocycles. The number of hydrogen-bond acceptors (Lipinski definition) is 5. The molecule has 1 aromatic carbocycles. The van der Waals surface area contributed by atoms with Crippen molar-refractivity contribution in [3.63, 3.8) is 0 Å². The zero-order valence-corrected chi connectivity index (χ0v) is 21.6. The molecule has 0 radical (unpaired) electrons. The Balaban J connectivity index is 0.00000512. The van der Waals surface area contributed by atoms with Crippen molar-refractivity contribution in [2.75, 3.05) is 38.7 Å². The molecular weight excluding hydrogens is 521 g/mol. The number of anilines is 1. The van der Waals surface area contributed by atoms with Crippen molar-refractivity contribution >= 4 is 41.7 Å². The number of aliphatic imine (C=N–C) groups is 1. The van der Waals surface area contributed by atoms with Gasteiger partial charge < -0.3 is 25.4 Å². The molecule has 0 bridgehead atoms. The lowest BCUT2D eigenvalue weighted by molar-refractivity contribution is -0.116. The molecule has 2 rings (SSSR count). The second kappa shape index (κ2) is 15.4. The highest BCUT2D eigenvalue weighted by atomic mass is 127. The van der Waals surface area contributed by atoms with Crippen LogP contribution in [-0.4, -0.2) is 50.3 Å². The van der Waals surface area contributed by atoms with Gasteiger partial charge in [0.15, 0.2) is 5.96 Å². The number of amides is 1. The van der Waals surface area contributed by atoms with Crippen LogP contribution in [0.4, 0.5) is 5.82 Å². The fourth-order valence-corrected chi connectivity index (χ4v) is 2.78. The van der Waals surface area contributed by atoms with E-state index in [0.29, 0.717) is 44.5 Å². The van der Waals surface area contributed by atoms with Crippen molar-refractivity contribution in [3.05, 3.63) is 53.2 Å². The molecule has 0 aliphatic rings. The largest absolute Gasteiger partial charge is 0.491 e. The standard InChI is InChI=1S/C23H33N5O3.HI/c1-5-24-23(25-12-11-22(29)28-21-8-6-7-18(3)27-21)26-16-19-10-9-17(2)15-20(19)31-14-13-30-4;/h6-10,15H,5,11-14,16H2,1-4H3,(H2,24,25,26)(H,27,28,29);1H. The summed E-state index contributed by atoms with van der Waals surface area (Å²) in [5.41, 5.74) is 2.97. The summed E-state index contributed by atoms with van der Waals surface area (Å²) in [5.74, 6) is 1.91. The maximum absolute atomic E-state index is 12.2. The smallest absolute Gasteiger partial charge is 0.227 e. The number of ether oxygens (including phenoxy) is 2. The minimum absolute atomic E-state index is 0. The molecule has 2 aromatic rings. The van der Waals surface area contributed by atoms with Crippen LogP contribution in [0.5, 0.6) is 5.75 Å². The summed E-state index contributed by atoms with van der Waals surface area (Å²) < 4.78 is 10.9. The van der Waals surface area contributed by atoms with Crippen LogP contribution in [0.3, 0.4) is 0 Å². The van der Waals surface area contributed by atoms with Crippen LogP contribution in [0, 0.1) is 13.8 Å². The predicted octanol–water partition coefficient (Wildman–Crippen LogP) is 3.43. The fourth-order valence-electron chi connectivity index (χ4n) is 2.78. The van der Waals surface area contributed by atoms with Gasteiger partial charge in [0.25, 0.3) is 0 Å². The second-order valence-electron chi connectivity index (χ2n) is 7.04. The van der Waals surface area contributed by atoms with E-state index in [9.17, 15) is 4.79 Å². The van der Waals surface area contributed by atoms with Gasteiger partial charge in [0.1, 0.15) is 18.2 Å². The van der Waals surface area contributed by atoms with Gasteiger partial charge in [-0.2, -0.15) is 0 Å². The molecule has 0 saturated heterocycles. The summed E-state index contributed by atoms with van der Waals surface area (Å²) in [4.78, 5) is 21.1. The van der Waals surface area contributed by atoms with Crippen LogP contribution in [-0.2, 0) is 16.1 Å². The molecule has 9 heteroatoms. The molecule has 8 nitrogen and oxygen atoms in total. The van der Waals surface area contributed by atoms with Crippen molar-refractivity contribution in [3.8, 4) is 5.75 Å². The molecule has 0 aliphatic carbocycles. The second-order valence-corrected chi connectivity index (χ2v) is 7.04. The third-order valence-corrected chi connectivity index (χ3v) is 4.32. The normalized spacial score (nSPS) is 10.8. The van der Waals surface area contributed by atoms with Gasteiger partial charge in [-0.15, -0.1) is 24.0 Å². The number of aryl methyl sites for hydroxylation is 2. The number of benzene rings is 1. The first kappa shape index (κ1) is 27.6. The summed E-state index contributed by atoms with van der Waals surface area (Å²) in [5, 5.41) is 9.21. The van der Waals surface area contributed by atoms with E-state index < -0.39 is 0 Å². The zero-order valence-electron chi connectivity index (χ0n) is 19.2. The van der Waals surface area contributed by atoms with Crippen LogP contribution < -0.4 is 20.7 Å². The molecule has 0 unspecified atom stereocenters. The fraction of sp³-hybridized carbons (Fsp3) is 0.435. The Morgan fingerprint density at radius 1 is 1.12 bits per heavy atom. The van der Waals surface area contributed by atoms with Crippen molar-refractivity contribution in [1.82, 2.24) is 15.6 Å². The summed E-state index contributed by atoms with van der Waals surface area (Å²) in [6.45, 7) is 8.55. The molecule has 1 heterocycles. The monoisotopic (exact) mass is 555 g/mol. The van der Waals surface area contributed by atoms with Crippen LogP contribution in [0.25, 0.3) is 0 Å². The summed E-state index contributed by atoms with van der Waals surface area (Å²) in [6.07, 6.45) is 0.302. The third-order valence-electron chi connectivity index (χ3n) is 4.32. The molecular formula is C23H34IN5O3. The van der Waals surface area contributed by atoms with Gasteiger partial charge in [-0.3, -0.25) is 4.79 Å². The van der Waals surface area contributed by atoms with E-state index in [1.54, 1.807) is 13.2 Å². The van der Waals surface area contributed by atoms with E-state index in [2.05, 4.69) is 25.9 Å². The Labute approximate surface area is 207 Å². The van der Waals surface area contributed by atoms with Gasteiger partial charge in [-0.05, 0) is 44.5 Å². The first-order chi connectivity index (χ1) is 15.0. The number of halogens is 1. The molecule has 32 heavy (non-hydrogen) atoms. The molecule has 0 saturated carbocycles. The molecule has 0 spiro atoms. The molecule has 1 amide bonds. The van der Waals surface area contributed by atoms with E-state index in [-0.39, 0.29) is 29.9 Å². The van der Waals surface area contributed by atoms with E-state index in [1.165, 1.54) is 0 Å². The van der Waals surface area contributed by atoms with E-state index in [4.69, 9.17) is 9.47 Å². The molecule has 0 atom stereocenters. The lowest BCUT2D eigenvalue weighted by atomic mass is 10.1. The van der Waals surface area contributed by atoms with Crippen molar-refractivity contribution in [1.29, 1.82) is 0 Å². The Morgan fingerprint density at radius 2 is 1.94 bits per heavy atom. The summed E-state index contributed by atoms with van der Waals surface area (Å²) >= 11 is 0. The maximum atomic E-state index is 12.2. The number of carbonyl (C=O) groups is 1. The maximum Gasteiger partial charge on any atom is 0.227 e. The highest BCUT2D eigenvalue weighted by Gasteiger charge is 2.07. The predicted molar refractivity (Wildman–Crippen MR) is 139 cm³/mol. The minimum Gasteiger partial charge on any atom is -0.491 e. The number of guanidine groups is 1. The topological polar surface area (TPSA) is 96.9 Å². The Bertz CT molecular complexity index is 876. The van der Waals surface area contributed by atoms with Gasteiger partial charge in [-0.1, -0.05) is 18.2 Å². The summed E-state index contributed by atoms with van der Waals surface area (Å²) in [6, 6.07) is 11.6. The van der Waals surface area contributed by atoms with Crippen LogP contribution in [0.15, 0.2) is 41.4 Å². The average Bonchev–Trinajstić information content (AvgIpc) is 2.73. The van der Waals surface area contributed by atoms with Crippen LogP contribution >= 0.6 is 24.0 Å². The van der Waals surface area contributed by atoms with E-state index in [0.717, 1.165) is 29.1 Å². The SMILES string of the molecule is CCNC(=NCc1ccc(C)cc1OCCOC)NCCC(=O)Nc1cccc(C)n1.I. The third kappa shape index (κ3) is 10.3. The number of nitrogens with one attached hydrogen (secondary N) is 3. The van der Waals surface area contributed by atoms with Crippen molar-refractivity contribution in [2.24, 2.45) is 4.99 Å². The highest BCUT2D eigenvalue weighted by Crippen LogP contribution is 2.21.